The van der Waals surface area contributed by atoms with Crippen LogP contribution in [0.25, 0.3) is 6.08 Å². The summed E-state index contributed by atoms with van der Waals surface area (Å²) in [4.78, 5) is 0. The van der Waals surface area contributed by atoms with Crippen LogP contribution < -0.4 is 5.73 Å². The van der Waals surface area contributed by atoms with Gasteiger partial charge < -0.3 is 5.73 Å². The molecule has 0 aliphatic rings. The Balaban J connectivity index is 2.22. The molecule has 102 valence electrons. The molecule has 0 heterocycles. The van der Waals surface area contributed by atoms with E-state index in [4.69, 9.17) is 5.73 Å². The highest BCUT2D eigenvalue weighted by molar-refractivity contribution is 7.93. The van der Waals surface area contributed by atoms with Crippen molar-refractivity contribution in [2.24, 2.45) is 10.1 Å². The number of rotatable bonds is 4. The molecule has 0 aliphatic carbocycles. The lowest BCUT2D eigenvalue weighted by Crippen LogP contribution is -2.15. The first-order valence-electron chi connectivity index (χ1n) is 5.96. The fourth-order valence-electron chi connectivity index (χ4n) is 1.56. The van der Waals surface area contributed by atoms with Crippen LogP contribution in [0.1, 0.15) is 11.1 Å². The smallest absolute Gasteiger partial charge is 0.277 e. The van der Waals surface area contributed by atoms with E-state index in [9.17, 15) is 8.42 Å². The van der Waals surface area contributed by atoms with Gasteiger partial charge in [-0.15, -0.1) is 4.40 Å². The number of benzene rings is 2. The van der Waals surface area contributed by atoms with E-state index < -0.39 is 10.0 Å². The summed E-state index contributed by atoms with van der Waals surface area (Å²) in [5.74, 6) is -0.0247. The highest BCUT2D eigenvalue weighted by atomic mass is 32.2. The molecule has 0 unspecified atom stereocenters. The molecule has 0 aromatic heterocycles. The van der Waals surface area contributed by atoms with Crippen LogP contribution in [-0.2, 0) is 10.0 Å². The van der Waals surface area contributed by atoms with Crippen LogP contribution in [0.15, 0.2) is 70.5 Å². The summed E-state index contributed by atoms with van der Waals surface area (Å²) in [7, 11) is -3.74. The Hall–Kier alpha value is -2.40. The number of amidine groups is 1. The van der Waals surface area contributed by atoms with Crippen molar-refractivity contribution in [3.05, 3.63) is 77.2 Å². The number of sulfonamides is 1. The molecule has 20 heavy (non-hydrogen) atoms. The van der Waals surface area contributed by atoms with Crippen LogP contribution in [0.3, 0.4) is 0 Å². The monoisotopic (exact) mass is 286 g/mol. The Bertz CT molecular complexity index is 721. The SMILES string of the molecule is N/C(=N/S(=O)(=O)/C=C/c1ccccc1)c1ccccc1. The summed E-state index contributed by atoms with van der Waals surface area (Å²) in [5, 5.41) is 1.04. The van der Waals surface area contributed by atoms with Crippen molar-refractivity contribution in [1.82, 2.24) is 0 Å². The topological polar surface area (TPSA) is 72.5 Å². The summed E-state index contributed by atoms with van der Waals surface area (Å²) in [5.41, 5.74) is 7.04. The average molecular weight is 286 g/mol. The first kappa shape index (κ1) is 14.0. The van der Waals surface area contributed by atoms with Gasteiger partial charge in [-0.1, -0.05) is 60.7 Å². The summed E-state index contributed by atoms with van der Waals surface area (Å²) in [6, 6.07) is 17.9. The lowest BCUT2D eigenvalue weighted by atomic mass is 10.2. The van der Waals surface area contributed by atoms with Crippen LogP contribution in [0, 0.1) is 0 Å². The van der Waals surface area contributed by atoms with E-state index in [0.29, 0.717) is 5.56 Å². The second-order valence-electron chi connectivity index (χ2n) is 4.07. The Labute approximate surface area is 118 Å². The van der Waals surface area contributed by atoms with Gasteiger partial charge in [0.15, 0.2) is 0 Å². The minimum absolute atomic E-state index is 0.0247. The highest BCUT2D eigenvalue weighted by Crippen LogP contribution is 2.06. The van der Waals surface area contributed by atoms with Crippen LogP contribution >= 0.6 is 0 Å². The normalized spacial score (nSPS) is 12.7. The maximum absolute atomic E-state index is 11.8. The van der Waals surface area contributed by atoms with E-state index in [0.717, 1.165) is 11.0 Å². The molecule has 0 amide bonds. The average Bonchev–Trinajstić information content (AvgIpc) is 2.47. The Morgan fingerprint density at radius 2 is 1.50 bits per heavy atom. The van der Waals surface area contributed by atoms with E-state index >= 15 is 0 Å². The molecule has 0 bridgehead atoms. The summed E-state index contributed by atoms with van der Waals surface area (Å²) < 4.78 is 27.2. The molecule has 0 aliphatic heterocycles. The van der Waals surface area contributed by atoms with Crippen molar-refractivity contribution in [2.75, 3.05) is 0 Å². The first-order chi connectivity index (χ1) is 9.57. The van der Waals surface area contributed by atoms with E-state index in [1.165, 1.54) is 6.08 Å². The van der Waals surface area contributed by atoms with Crippen LogP contribution in [0.4, 0.5) is 0 Å². The number of hydrogen-bond donors (Lipinski definition) is 1. The van der Waals surface area contributed by atoms with Crippen LogP contribution in [0.5, 0.6) is 0 Å². The minimum Gasteiger partial charge on any atom is -0.383 e. The third kappa shape index (κ3) is 4.07. The van der Waals surface area contributed by atoms with Gasteiger partial charge in [0.25, 0.3) is 10.0 Å². The molecule has 0 spiro atoms. The van der Waals surface area contributed by atoms with Crippen molar-refractivity contribution in [2.45, 2.75) is 0 Å². The van der Waals surface area contributed by atoms with Gasteiger partial charge >= 0.3 is 0 Å². The predicted octanol–water partition coefficient (Wildman–Crippen LogP) is 2.39. The van der Waals surface area contributed by atoms with Gasteiger partial charge in [0, 0.05) is 5.56 Å². The number of nitrogens with two attached hydrogens (primary N) is 1. The summed E-state index contributed by atoms with van der Waals surface area (Å²) >= 11 is 0. The number of hydrogen-bond acceptors (Lipinski definition) is 2. The van der Waals surface area contributed by atoms with Crippen LogP contribution in [0.2, 0.25) is 0 Å². The Kier molecular flexibility index (Phi) is 4.32. The second-order valence-corrected chi connectivity index (χ2v) is 5.56. The third-order valence-corrected chi connectivity index (χ3v) is 3.46. The molecule has 2 N–H and O–H groups in total. The Morgan fingerprint density at radius 3 is 2.10 bits per heavy atom. The molecule has 2 aromatic carbocycles. The van der Waals surface area contributed by atoms with Crippen molar-refractivity contribution in [3.8, 4) is 0 Å². The first-order valence-corrected chi connectivity index (χ1v) is 7.46. The zero-order chi connectivity index (χ0) is 14.4. The van der Waals surface area contributed by atoms with E-state index in [1.807, 2.05) is 24.3 Å². The molecular formula is C15H14N2O2S. The minimum atomic E-state index is -3.74. The molecular weight excluding hydrogens is 272 g/mol. The van der Waals surface area contributed by atoms with Crippen LogP contribution in [-0.4, -0.2) is 14.3 Å². The third-order valence-electron chi connectivity index (χ3n) is 2.53. The molecule has 0 radical (unpaired) electrons. The van der Waals surface area contributed by atoms with Gasteiger partial charge in [0.05, 0.1) is 5.41 Å². The van der Waals surface area contributed by atoms with Gasteiger partial charge in [0.1, 0.15) is 5.84 Å². The molecule has 0 fully saturated rings. The molecule has 5 heteroatoms. The van der Waals surface area contributed by atoms with Crippen molar-refractivity contribution < 1.29 is 8.42 Å². The maximum atomic E-state index is 11.8. The molecule has 0 saturated carbocycles. The van der Waals surface area contributed by atoms with E-state index in [1.54, 1.807) is 36.4 Å². The molecule has 0 saturated heterocycles. The quantitative estimate of drug-likeness (QED) is 0.693. The number of nitrogens with zero attached hydrogens (tertiary/aromatic N) is 1. The lowest BCUT2D eigenvalue weighted by molar-refractivity contribution is 0.606. The maximum Gasteiger partial charge on any atom is 0.277 e. The fourth-order valence-corrected chi connectivity index (χ4v) is 2.33. The predicted molar refractivity (Wildman–Crippen MR) is 81.6 cm³/mol. The molecule has 0 atom stereocenters. The fraction of sp³-hybridized carbons (Fsp3) is 0. The second kappa shape index (κ2) is 6.16. The molecule has 2 rings (SSSR count). The van der Waals surface area contributed by atoms with Gasteiger partial charge in [-0.2, -0.15) is 8.42 Å². The van der Waals surface area contributed by atoms with Gasteiger partial charge in [-0.05, 0) is 11.6 Å². The van der Waals surface area contributed by atoms with Gasteiger partial charge in [-0.25, -0.2) is 0 Å². The van der Waals surface area contributed by atoms with E-state index in [2.05, 4.69) is 4.40 Å². The molecule has 4 nitrogen and oxygen atoms in total. The van der Waals surface area contributed by atoms with Crippen molar-refractivity contribution in [3.63, 3.8) is 0 Å². The highest BCUT2D eigenvalue weighted by Gasteiger charge is 2.05. The molecule has 2 aromatic rings. The zero-order valence-corrected chi connectivity index (χ0v) is 11.5. The lowest BCUT2D eigenvalue weighted by Gasteiger charge is -1.99. The van der Waals surface area contributed by atoms with Crippen molar-refractivity contribution >= 4 is 21.9 Å². The zero-order valence-electron chi connectivity index (χ0n) is 10.7. The summed E-state index contributed by atoms with van der Waals surface area (Å²) in [6.45, 7) is 0. The largest absolute Gasteiger partial charge is 0.383 e. The Morgan fingerprint density at radius 1 is 0.950 bits per heavy atom. The van der Waals surface area contributed by atoms with Crippen molar-refractivity contribution in [1.29, 1.82) is 0 Å². The van der Waals surface area contributed by atoms with Gasteiger partial charge in [0.2, 0.25) is 0 Å². The standard InChI is InChI=1S/C15H14N2O2S/c16-15(14-9-5-2-6-10-14)17-20(18,19)12-11-13-7-3-1-4-8-13/h1-12H,(H2,16,17)/b12-11+. The summed E-state index contributed by atoms with van der Waals surface area (Å²) in [6.07, 6.45) is 1.48. The van der Waals surface area contributed by atoms with Gasteiger partial charge in [-0.3, -0.25) is 0 Å². The van der Waals surface area contributed by atoms with E-state index in [-0.39, 0.29) is 5.84 Å².